The number of nitrogens with two attached hydrogens (primary N) is 1. The minimum Gasteiger partial charge on any atom is -0.378 e. The standard InChI is InChI=1S/C15H23N3O4S/c16-8-9-17-23(20,21)14-5-1-3-12(11-14)18-15(19)7-6-13-4-2-10-22-13/h1,3,5,11,13,17H,2,4,6-10,16H2,(H,18,19). The topological polar surface area (TPSA) is 111 Å². The summed E-state index contributed by atoms with van der Waals surface area (Å²) in [4.78, 5) is 12.1. The van der Waals surface area contributed by atoms with E-state index < -0.39 is 10.0 Å². The third-order valence-corrected chi connectivity index (χ3v) is 5.04. The van der Waals surface area contributed by atoms with Crippen molar-refractivity contribution in [3.05, 3.63) is 24.3 Å². The summed E-state index contributed by atoms with van der Waals surface area (Å²) in [7, 11) is -3.61. The molecule has 1 aromatic carbocycles. The average molecular weight is 341 g/mol. The van der Waals surface area contributed by atoms with E-state index in [1.807, 2.05) is 0 Å². The molecule has 8 heteroatoms. The lowest BCUT2D eigenvalue weighted by molar-refractivity contribution is -0.116. The van der Waals surface area contributed by atoms with Gasteiger partial charge in [-0.15, -0.1) is 0 Å². The molecule has 1 aromatic rings. The van der Waals surface area contributed by atoms with Crippen LogP contribution in [0.5, 0.6) is 0 Å². The minimum atomic E-state index is -3.61. The van der Waals surface area contributed by atoms with Gasteiger partial charge in [0.2, 0.25) is 15.9 Å². The van der Waals surface area contributed by atoms with Crippen LogP contribution in [0.3, 0.4) is 0 Å². The molecule has 23 heavy (non-hydrogen) atoms. The maximum Gasteiger partial charge on any atom is 0.240 e. The number of hydrogen-bond acceptors (Lipinski definition) is 5. The molecule has 0 bridgehead atoms. The van der Waals surface area contributed by atoms with E-state index in [2.05, 4.69) is 10.0 Å². The van der Waals surface area contributed by atoms with Gasteiger partial charge in [-0.1, -0.05) is 6.07 Å². The normalized spacial score (nSPS) is 18.0. The van der Waals surface area contributed by atoms with Crippen molar-refractivity contribution < 1.29 is 17.9 Å². The summed E-state index contributed by atoms with van der Waals surface area (Å²) in [6, 6.07) is 6.16. The second kappa shape index (κ2) is 8.39. The van der Waals surface area contributed by atoms with Crippen LogP contribution < -0.4 is 15.8 Å². The highest BCUT2D eigenvalue weighted by atomic mass is 32.2. The number of rotatable bonds is 8. The molecular formula is C15H23N3O4S. The Kier molecular flexibility index (Phi) is 6.52. The van der Waals surface area contributed by atoms with Gasteiger partial charge >= 0.3 is 0 Å². The van der Waals surface area contributed by atoms with Crippen LogP contribution in [0.1, 0.15) is 25.7 Å². The molecule has 0 saturated carbocycles. The van der Waals surface area contributed by atoms with Gasteiger partial charge < -0.3 is 15.8 Å². The van der Waals surface area contributed by atoms with Crippen LogP contribution in [-0.4, -0.2) is 40.1 Å². The number of amides is 1. The Labute approximate surface area is 136 Å². The zero-order valence-corrected chi connectivity index (χ0v) is 13.8. The number of hydrogen-bond donors (Lipinski definition) is 3. The van der Waals surface area contributed by atoms with Crippen LogP contribution in [-0.2, 0) is 19.6 Å². The number of ether oxygens (including phenoxy) is 1. The van der Waals surface area contributed by atoms with E-state index in [1.165, 1.54) is 12.1 Å². The molecule has 1 amide bonds. The van der Waals surface area contributed by atoms with Crippen molar-refractivity contribution in [2.75, 3.05) is 25.0 Å². The largest absolute Gasteiger partial charge is 0.378 e. The molecule has 7 nitrogen and oxygen atoms in total. The zero-order valence-electron chi connectivity index (χ0n) is 13.0. The summed E-state index contributed by atoms with van der Waals surface area (Å²) >= 11 is 0. The second-order valence-electron chi connectivity index (χ2n) is 5.44. The number of carbonyl (C=O) groups excluding carboxylic acids is 1. The molecule has 1 aliphatic rings. The van der Waals surface area contributed by atoms with Gasteiger partial charge in [0.05, 0.1) is 11.0 Å². The van der Waals surface area contributed by atoms with Gasteiger partial charge in [-0.05, 0) is 37.5 Å². The maximum absolute atomic E-state index is 12.0. The highest BCUT2D eigenvalue weighted by molar-refractivity contribution is 7.89. The number of carbonyl (C=O) groups is 1. The lowest BCUT2D eigenvalue weighted by Crippen LogP contribution is -2.29. The molecule has 128 valence electrons. The first kappa shape index (κ1) is 17.9. The van der Waals surface area contributed by atoms with E-state index in [1.54, 1.807) is 12.1 Å². The van der Waals surface area contributed by atoms with E-state index in [0.29, 0.717) is 18.5 Å². The molecular weight excluding hydrogens is 318 g/mol. The molecule has 1 heterocycles. The van der Waals surface area contributed by atoms with E-state index in [4.69, 9.17) is 10.5 Å². The molecule has 4 N–H and O–H groups in total. The lowest BCUT2D eigenvalue weighted by atomic mass is 10.1. The predicted octanol–water partition coefficient (Wildman–Crippen LogP) is 0.821. The van der Waals surface area contributed by atoms with Crippen molar-refractivity contribution >= 4 is 21.6 Å². The molecule has 0 aromatic heterocycles. The summed E-state index contributed by atoms with van der Waals surface area (Å²) in [5.74, 6) is -0.148. The Hall–Kier alpha value is -1.48. The van der Waals surface area contributed by atoms with Crippen LogP contribution in [0.15, 0.2) is 29.2 Å². The quantitative estimate of drug-likeness (QED) is 0.648. The predicted molar refractivity (Wildman–Crippen MR) is 87.5 cm³/mol. The number of benzene rings is 1. The summed E-state index contributed by atoms with van der Waals surface area (Å²) in [6.45, 7) is 1.15. The smallest absolute Gasteiger partial charge is 0.240 e. The average Bonchev–Trinajstić information content (AvgIpc) is 3.05. The Morgan fingerprint density at radius 3 is 2.91 bits per heavy atom. The Morgan fingerprint density at radius 1 is 1.39 bits per heavy atom. The Bertz CT molecular complexity index is 627. The molecule has 1 fully saturated rings. The first-order valence-corrected chi connectivity index (χ1v) is 9.21. The third-order valence-electron chi connectivity index (χ3n) is 3.58. The highest BCUT2D eigenvalue weighted by Gasteiger charge is 2.17. The first-order chi connectivity index (χ1) is 11.0. The third kappa shape index (κ3) is 5.58. The van der Waals surface area contributed by atoms with Crippen LogP contribution in [0.25, 0.3) is 0 Å². The van der Waals surface area contributed by atoms with Crippen LogP contribution in [0, 0.1) is 0 Å². The van der Waals surface area contributed by atoms with Crippen molar-refractivity contribution in [1.82, 2.24) is 4.72 Å². The Balaban J connectivity index is 1.92. The fourth-order valence-electron chi connectivity index (χ4n) is 2.41. The molecule has 1 atom stereocenters. The summed E-state index contributed by atoms with van der Waals surface area (Å²) < 4.78 is 31.9. The van der Waals surface area contributed by atoms with E-state index in [0.717, 1.165) is 19.4 Å². The van der Waals surface area contributed by atoms with Gasteiger partial charge in [-0.3, -0.25) is 4.79 Å². The van der Waals surface area contributed by atoms with Crippen LogP contribution in [0.4, 0.5) is 5.69 Å². The second-order valence-corrected chi connectivity index (χ2v) is 7.20. The van der Waals surface area contributed by atoms with E-state index in [9.17, 15) is 13.2 Å². The molecule has 2 rings (SSSR count). The first-order valence-electron chi connectivity index (χ1n) is 7.72. The van der Waals surface area contributed by atoms with Gasteiger partial charge in [-0.25, -0.2) is 13.1 Å². The number of anilines is 1. The van der Waals surface area contributed by atoms with Crippen molar-refractivity contribution in [3.8, 4) is 0 Å². The highest BCUT2D eigenvalue weighted by Crippen LogP contribution is 2.18. The molecule has 0 aliphatic carbocycles. The van der Waals surface area contributed by atoms with Gasteiger partial charge in [0.25, 0.3) is 0 Å². The van der Waals surface area contributed by atoms with Crippen LogP contribution >= 0.6 is 0 Å². The fourth-order valence-corrected chi connectivity index (χ4v) is 3.50. The van der Waals surface area contributed by atoms with E-state index in [-0.39, 0.29) is 30.0 Å². The van der Waals surface area contributed by atoms with Crippen LogP contribution in [0.2, 0.25) is 0 Å². The SMILES string of the molecule is NCCNS(=O)(=O)c1cccc(NC(=O)CCC2CCCO2)c1. The maximum atomic E-state index is 12.0. The molecule has 0 radical (unpaired) electrons. The van der Waals surface area contributed by atoms with Gasteiger partial charge in [0.15, 0.2) is 0 Å². The van der Waals surface area contributed by atoms with Crippen molar-refractivity contribution in [2.45, 2.75) is 36.7 Å². The molecule has 1 saturated heterocycles. The summed E-state index contributed by atoms with van der Waals surface area (Å²) in [5, 5.41) is 2.72. The number of nitrogens with one attached hydrogen (secondary N) is 2. The minimum absolute atomic E-state index is 0.0999. The zero-order chi connectivity index (χ0) is 16.7. The fraction of sp³-hybridized carbons (Fsp3) is 0.533. The lowest BCUT2D eigenvalue weighted by Gasteiger charge is -2.11. The number of sulfonamides is 1. The van der Waals surface area contributed by atoms with Crippen molar-refractivity contribution in [2.24, 2.45) is 5.73 Å². The molecule has 0 spiro atoms. The van der Waals surface area contributed by atoms with Gasteiger partial charge in [0.1, 0.15) is 0 Å². The van der Waals surface area contributed by atoms with E-state index >= 15 is 0 Å². The summed E-state index contributed by atoms with van der Waals surface area (Å²) in [6.07, 6.45) is 3.23. The summed E-state index contributed by atoms with van der Waals surface area (Å²) in [5.41, 5.74) is 5.76. The van der Waals surface area contributed by atoms with Gasteiger partial charge in [0, 0.05) is 31.8 Å². The van der Waals surface area contributed by atoms with Crippen molar-refractivity contribution in [3.63, 3.8) is 0 Å². The molecule has 1 unspecified atom stereocenters. The monoisotopic (exact) mass is 341 g/mol. The van der Waals surface area contributed by atoms with Crippen molar-refractivity contribution in [1.29, 1.82) is 0 Å². The Morgan fingerprint density at radius 2 is 2.22 bits per heavy atom. The van der Waals surface area contributed by atoms with Gasteiger partial charge in [-0.2, -0.15) is 0 Å². The molecule has 1 aliphatic heterocycles.